The van der Waals surface area contributed by atoms with E-state index in [1.54, 1.807) is 24.3 Å². The van der Waals surface area contributed by atoms with Gasteiger partial charge < -0.3 is 4.74 Å². The van der Waals surface area contributed by atoms with Gasteiger partial charge in [0.25, 0.3) is 11.6 Å². The summed E-state index contributed by atoms with van der Waals surface area (Å²) >= 11 is 3.35. The quantitative estimate of drug-likeness (QED) is 0.396. The normalized spacial score (nSPS) is 11.9. The number of hydrogen-bond acceptors (Lipinski definition) is 5. The Morgan fingerprint density at radius 3 is 2.50 bits per heavy atom. The Bertz CT molecular complexity index is 776. The van der Waals surface area contributed by atoms with E-state index in [9.17, 15) is 14.9 Å². The number of non-ortho nitro benzene ring substituents is 1. The number of rotatable bonds is 8. The van der Waals surface area contributed by atoms with Gasteiger partial charge >= 0.3 is 0 Å². The van der Waals surface area contributed by atoms with Gasteiger partial charge in [-0.2, -0.15) is 5.10 Å². The molecule has 1 amide bonds. The molecule has 7 nitrogen and oxygen atoms in total. The van der Waals surface area contributed by atoms with Gasteiger partial charge in [-0.05, 0) is 48.4 Å². The lowest BCUT2D eigenvalue weighted by molar-refractivity contribution is -0.384. The van der Waals surface area contributed by atoms with Crippen molar-refractivity contribution >= 4 is 33.7 Å². The summed E-state index contributed by atoms with van der Waals surface area (Å²) in [7, 11) is 0. The molecule has 1 N–H and O–H groups in total. The molecule has 2 aromatic carbocycles. The summed E-state index contributed by atoms with van der Waals surface area (Å²) < 4.78 is 6.66. The van der Waals surface area contributed by atoms with Gasteiger partial charge in [0.2, 0.25) is 0 Å². The Hall–Kier alpha value is -2.74. The molecule has 0 aliphatic heterocycles. The summed E-state index contributed by atoms with van der Waals surface area (Å²) in [5.41, 5.74) is 3.08. The average molecular weight is 420 g/mol. The lowest BCUT2D eigenvalue weighted by Gasteiger charge is -2.16. The third-order valence-corrected chi connectivity index (χ3v) is 3.96. The van der Waals surface area contributed by atoms with Crippen molar-refractivity contribution in [2.24, 2.45) is 5.10 Å². The molecule has 136 valence electrons. The molecule has 1 atom stereocenters. The standard InChI is InChI=1S/C18H18BrN3O4/c1-2-3-17(26-16-10-6-14(19)7-11-16)18(23)21-20-12-13-4-8-15(9-5-13)22(24)25/h4-12,17H,2-3H2,1H3,(H,21,23). The summed E-state index contributed by atoms with van der Waals surface area (Å²) in [5.74, 6) is 0.245. The number of amides is 1. The van der Waals surface area contributed by atoms with Gasteiger partial charge in [-0.3, -0.25) is 14.9 Å². The van der Waals surface area contributed by atoms with Crippen molar-refractivity contribution in [3.05, 3.63) is 68.7 Å². The lowest BCUT2D eigenvalue weighted by Crippen LogP contribution is -2.35. The van der Waals surface area contributed by atoms with Crippen molar-refractivity contribution in [2.75, 3.05) is 0 Å². The van der Waals surface area contributed by atoms with Gasteiger partial charge in [0.1, 0.15) is 5.75 Å². The molecule has 2 rings (SSSR count). The van der Waals surface area contributed by atoms with E-state index in [2.05, 4.69) is 26.5 Å². The van der Waals surface area contributed by atoms with E-state index in [0.717, 1.165) is 10.9 Å². The zero-order chi connectivity index (χ0) is 18.9. The summed E-state index contributed by atoms with van der Waals surface area (Å²) in [5, 5.41) is 14.5. The molecule has 0 saturated heterocycles. The Balaban J connectivity index is 1.95. The van der Waals surface area contributed by atoms with E-state index in [-0.39, 0.29) is 11.6 Å². The topological polar surface area (TPSA) is 93.8 Å². The third-order valence-electron chi connectivity index (χ3n) is 3.43. The second kappa shape index (κ2) is 9.67. The highest BCUT2D eigenvalue weighted by atomic mass is 79.9. The number of nitrogens with zero attached hydrogens (tertiary/aromatic N) is 2. The van der Waals surface area contributed by atoms with Crippen LogP contribution < -0.4 is 10.2 Å². The van der Waals surface area contributed by atoms with Crippen molar-refractivity contribution in [2.45, 2.75) is 25.9 Å². The molecular formula is C18H18BrN3O4. The molecule has 0 aromatic heterocycles. The number of benzene rings is 2. The Morgan fingerprint density at radius 1 is 1.27 bits per heavy atom. The number of nitrogens with one attached hydrogen (secondary N) is 1. The highest BCUT2D eigenvalue weighted by Crippen LogP contribution is 2.18. The van der Waals surface area contributed by atoms with Crippen LogP contribution in [-0.2, 0) is 4.79 Å². The van der Waals surface area contributed by atoms with E-state index in [0.29, 0.717) is 17.7 Å². The van der Waals surface area contributed by atoms with Crippen molar-refractivity contribution < 1.29 is 14.5 Å². The summed E-state index contributed by atoms with van der Waals surface area (Å²) in [6.45, 7) is 1.96. The van der Waals surface area contributed by atoms with Crippen molar-refractivity contribution in [1.82, 2.24) is 5.43 Å². The predicted molar refractivity (Wildman–Crippen MR) is 102 cm³/mol. The molecule has 0 radical (unpaired) electrons. The van der Waals surface area contributed by atoms with Crippen LogP contribution in [0.1, 0.15) is 25.3 Å². The highest BCUT2D eigenvalue weighted by molar-refractivity contribution is 9.10. The zero-order valence-electron chi connectivity index (χ0n) is 14.1. The van der Waals surface area contributed by atoms with E-state index in [1.165, 1.54) is 18.3 Å². The summed E-state index contributed by atoms with van der Waals surface area (Å²) in [6.07, 6.45) is 2.09. The molecule has 0 spiro atoms. The molecule has 2 aromatic rings. The number of hydrogen-bond donors (Lipinski definition) is 1. The number of nitro benzene ring substituents is 1. The first-order valence-corrected chi connectivity index (χ1v) is 8.78. The van der Waals surface area contributed by atoms with Gasteiger partial charge in [0.15, 0.2) is 6.10 Å². The van der Waals surface area contributed by atoms with Crippen LogP contribution in [0.3, 0.4) is 0 Å². The minimum atomic E-state index is -0.657. The SMILES string of the molecule is CCCC(Oc1ccc(Br)cc1)C(=O)NN=Cc1ccc([N+](=O)[O-])cc1. The first kappa shape index (κ1) is 19.6. The molecule has 26 heavy (non-hydrogen) atoms. The van der Waals surface area contributed by atoms with E-state index in [4.69, 9.17) is 4.74 Å². The molecule has 0 saturated carbocycles. The molecule has 1 unspecified atom stereocenters. The molecule has 0 aliphatic carbocycles. The highest BCUT2D eigenvalue weighted by Gasteiger charge is 2.19. The van der Waals surface area contributed by atoms with Crippen LogP contribution in [0.5, 0.6) is 5.75 Å². The number of hydrazone groups is 1. The number of carbonyl (C=O) groups excluding carboxylic acids is 1. The van der Waals surface area contributed by atoms with E-state index in [1.807, 2.05) is 19.1 Å². The van der Waals surface area contributed by atoms with Crippen LogP contribution in [0.25, 0.3) is 0 Å². The number of carbonyl (C=O) groups is 1. The van der Waals surface area contributed by atoms with Crippen LogP contribution in [0.2, 0.25) is 0 Å². The largest absolute Gasteiger partial charge is 0.481 e. The Kier molecular flexibility index (Phi) is 7.28. The van der Waals surface area contributed by atoms with Crippen LogP contribution in [-0.4, -0.2) is 23.1 Å². The molecule has 0 bridgehead atoms. The van der Waals surface area contributed by atoms with Crippen molar-refractivity contribution in [3.63, 3.8) is 0 Å². The van der Waals surface area contributed by atoms with Gasteiger partial charge in [0.05, 0.1) is 11.1 Å². The van der Waals surface area contributed by atoms with Gasteiger partial charge in [-0.15, -0.1) is 0 Å². The Morgan fingerprint density at radius 2 is 1.92 bits per heavy atom. The van der Waals surface area contributed by atoms with Crippen molar-refractivity contribution in [3.8, 4) is 5.75 Å². The molecule has 0 heterocycles. The molecule has 8 heteroatoms. The first-order valence-electron chi connectivity index (χ1n) is 7.99. The lowest BCUT2D eigenvalue weighted by atomic mass is 10.2. The van der Waals surface area contributed by atoms with Crippen molar-refractivity contribution in [1.29, 1.82) is 0 Å². The van der Waals surface area contributed by atoms with Gasteiger partial charge in [0, 0.05) is 16.6 Å². The maximum absolute atomic E-state index is 12.3. The zero-order valence-corrected chi connectivity index (χ0v) is 15.7. The third kappa shape index (κ3) is 5.96. The van der Waals surface area contributed by atoms with Crippen LogP contribution in [0.4, 0.5) is 5.69 Å². The summed E-state index contributed by atoms with van der Waals surface area (Å²) in [6, 6.07) is 13.1. The molecule has 0 fully saturated rings. The van der Waals surface area contributed by atoms with E-state index >= 15 is 0 Å². The number of ether oxygens (including phenoxy) is 1. The van der Waals surface area contributed by atoms with Crippen LogP contribution >= 0.6 is 15.9 Å². The first-order chi connectivity index (χ1) is 12.5. The fraction of sp³-hybridized carbons (Fsp3) is 0.222. The fourth-order valence-electron chi connectivity index (χ4n) is 2.11. The van der Waals surface area contributed by atoms with Gasteiger partial charge in [-0.25, -0.2) is 5.43 Å². The number of halogens is 1. The monoisotopic (exact) mass is 419 g/mol. The summed E-state index contributed by atoms with van der Waals surface area (Å²) in [4.78, 5) is 22.4. The second-order valence-electron chi connectivity index (χ2n) is 5.43. The smallest absolute Gasteiger partial charge is 0.281 e. The predicted octanol–water partition coefficient (Wildman–Crippen LogP) is 4.06. The Labute approximate surface area is 159 Å². The molecular weight excluding hydrogens is 402 g/mol. The van der Waals surface area contributed by atoms with Crippen LogP contribution in [0.15, 0.2) is 58.1 Å². The van der Waals surface area contributed by atoms with E-state index < -0.39 is 11.0 Å². The fourth-order valence-corrected chi connectivity index (χ4v) is 2.37. The minimum absolute atomic E-state index is 0.00269. The van der Waals surface area contributed by atoms with Gasteiger partial charge in [-0.1, -0.05) is 29.3 Å². The second-order valence-corrected chi connectivity index (χ2v) is 6.35. The van der Waals surface area contributed by atoms with Crippen LogP contribution in [0, 0.1) is 10.1 Å². The average Bonchev–Trinajstić information content (AvgIpc) is 2.63. The number of nitro groups is 1. The molecule has 0 aliphatic rings. The maximum Gasteiger partial charge on any atom is 0.281 e. The maximum atomic E-state index is 12.3. The minimum Gasteiger partial charge on any atom is -0.481 e.